The molecule has 1 N–H and O–H groups in total. The van der Waals surface area contributed by atoms with Crippen LogP contribution in [0.25, 0.3) is 0 Å². The molecule has 5 nitrogen and oxygen atoms in total. The van der Waals surface area contributed by atoms with Crippen molar-refractivity contribution >= 4 is 29.1 Å². The second-order valence-corrected chi connectivity index (χ2v) is 7.13. The average Bonchev–Trinajstić information content (AvgIpc) is 2.68. The van der Waals surface area contributed by atoms with E-state index < -0.39 is 0 Å². The number of para-hydroxylation sites is 1. The van der Waals surface area contributed by atoms with Gasteiger partial charge in [-0.15, -0.1) is 0 Å². The fourth-order valence-corrected chi connectivity index (χ4v) is 3.27. The number of hydrogen-bond donors (Lipinski definition) is 1. The lowest BCUT2D eigenvalue weighted by atomic mass is 10.1. The van der Waals surface area contributed by atoms with Gasteiger partial charge in [0.2, 0.25) is 11.8 Å². The fraction of sp³-hybridized carbons (Fsp3) is 0.333. The molecule has 2 aromatic carbocycles. The first-order valence-electron chi connectivity index (χ1n) is 9.19. The van der Waals surface area contributed by atoms with Crippen molar-refractivity contribution in [3.63, 3.8) is 0 Å². The lowest BCUT2D eigenvalue weighted by molar-refractivity contribution is -0.133. The number of carbonyl (C=O) groups is 2. The quantitative estimate of drug-likeness (QED) is 0.831. The Morgan fingerprint density at radius 3 is 2.26 bits per heavy atom. The van der Waals surface area contributed by atoms with Crippen molar-refractivity contribution in [2.75, 3.05) is 38.0 Å². The molecule has 0 bridgehead atoms. The molecule has 27 heavy (non-hydrogen) atoms. The van der Waals surface area contributed by atoms with Gasteiger partial charge in [0.25, 0.3) is 0 Å². The maximum Gasteiger partial charge on any atom is 0.238 e. The summed E-state index contributed by atoms with van der Waals surface area (Å²) in [4.78, 5) is 28.5. The third kappa shape index (κ3) is 6.08. The molecule has 1 saturated heterocycles. The van der Waals surface area contributed by atoms with Gasteiger partial charge in [-0.3, -0.25) is 14.5 Å². The van der Waals surface area contributed by atoms with E-state index >= 15 is 0 Å². The molecule has 142 valence electrons. The molecule has 0 saturated carbocycles. The second kappa shape index (κ2) is 9.53. The molecule has 2 aromatic rings. The molecule has 0 aromatic heterocycles. The number of amides is 2. The van der Waals surface area contributed by atoms with Crippen molar-refractivity contribution in [1.29, 1.82) is 0 Å². The van der Waals surface area contributed by atoms with E-state index in [2.05, 4.69) is 10.2 Å². The number of halogens is 1. The van der Waals surface area contributed by atoms with Gasteiger partial charge in [-0.05, 0) is 36.2 Å². The largest absolute Gasteiger partial charge is 0.340 e. The Labute approximate surface area is 164 Å². The average molecular weight is 386 g/mol. The highest BCUT2D eigenvalue weighted by atomic mass is 35.5. The van der Waals surface area contributed by atoms with Crippen molar-refractivity contribution < 1.29 is 9.59 Å². The van der Waals surface area contributed by atoms with E-state index in [9.17, 15) is 9.59 Å². The summed E-state index contributed by atoms with van der Waals surface area (Å²) in [5.74, 6) is 0.141. The monoisotopic (exact) mass is 385 g/mol. The SMILES string of the molecule is O=C(CN1CCN(C(=O)CCc2ccc(Cl)cc2)CC1)Nc1ccccc1. The highest BCUT2D eigenvalue weighted by Gasteiger charge is 2.22. The lowest BCUT2D eigenvalue weighted by Gasteiger charge is -2.34. The van der Waals surface area contributed by atoms with Crippen LogP contribution >= 0.6 is 11.6 Å². The van der Waals surface area contributed by atoms with Crippen LogP contribution in [0.1, 0.15) is 12.0 Å². The molecule has 0 radical (unpaired) electrons. The van der Waals surface area contributed by atoms with Crippen LogP contribution in [0.2, 0.25) is 5.02 Å². The summed E-state index contributed by atoms with van der Waals surface area (Å²) in [7, 11) is 0. The Bertz CT molecular complexity index is 757. The molecule has 3 rings (SSSR count). The number of benzene rings is 2. The van der Waals surface area contributed by atoms with Gasteiger partial charge >= 0.3 is 0 Å². The number of hydrogen-bond acceptors (Lipinski definition) is 3. The first kappa shape index (κ1) is 19.4. The minimum absolute atomic E-state index is 0.0243. The molecule has 0 aliphatic carbocycles. The fourth-order valence-electron chi connectivity index (χ4n) is 3.14. The van der Waals surface area contributed by atoms with Crippen LogP contribution in [0.3, 0.4) is 0 Å². The topological polar surface area (TPSA) is 52.7 Å². The van der Waals surface area contributed by atoms with Crippen LogP contribution in [0.5, 0.6) is 0 Å². The Hall–Kier alpha value is -2.37. The number of carbonyl (C=O) groups excluding carboxylic acids is 2. The minimum atomic E-state index is -0.0243. The smallest absolute Gasteiger partial charge is 0.238 e. The molecule has 1 aliphatic rings. The zero-order valence-corrected chi connectivity index (χ0v) is 16.0. The molecule has 1 heterocycles. The summed E-state index contributed by atoms with van der Waals surface area (Å²) in [5.41, 5.74) is 1.92. The van der Waals surface area contributed by atoms with E-state index in [1.165, 1.54) is 0 Å². The van der Waals surface area contributed by atoms with Gasteiger partial charge in [0, 0.05) is 43.3 Å². The van der Waals surface area contributed by atoms with E-state index in [1.807, 2.05) is 59.5 Å². The number of anilines is 1. The van der Waals surface area contributed by atoms with Crippen LogP contribution in [0.15, 0.2) is 54.6 Å². The molecule has 1 fully saturated rings. The van der Waals surface area contributed by atoms with E-state index in [4.69, 9.17) is 11.6 Å². The van der Waals surface area contributed by atoms with E-state index in [0.29, 0.717) is 31.1 Å². The predicted octanol–water partition coefficient (Wildman–Crippen LogP) is 3.06. The molecule has 6 heteroatoms. The number of piperazine rings is 1. The van der Waals surface area contributed by atoms with Crippen molar-refractivity contribution in [3.8, 4) is 0 Å². The molecular formula is C21H24ClN3O2. The molecular weight excluding hydrogens is 362 g/mol. The van der Waals surface area contributed by atoms with Gasteiger partial charge in [-0.1, -0.05) is 41.9 Å². The summed E-state index contributed by atoms with van der Waals surface area (Å²) in [5, 5.41) is 3.60. The van der Waals surface area contributed by atoms with E-state index in [0.717, 1.165) is 30.8 Å². The third-order valence-electron chi connectivity index (χ3n) is 4.69. The van der Waals surface area contributed by atoms with Crippen molar-refractivity contribution in [3.05, 3.63) is 65.2 Å². The molecule has 0 spiro atoms. The van der Waals surface area contributed by atoms with Crippen LogP contribution < -0.4 is 5.32 Å². The number of rotatable bonds is 6. The summed E-state index contributed by atoms with van der Waals surface area (Å²) < 4.78 is 0. The summed E-state index contributed by atoms with van der Waals surface area (Å²) in [6.07, 6.45) is 1.21. The zero-order chi connectivity index (χ0) is 19.1. The van der Waals surface area contributed by atoms with Crippen LogP contribution in [-0.4, -0.2) is 54.3 Å². The number of nitrogens with zero attached hydrogens (tertiary/aromatic N) is 2. The van der Waals surface area contributed by atoms with Crippen LogP contribution in [-0.2, 0) is 16.0 Å². The Morgan fingerprint density at radius 2 is 1.59 bits per heavy atom. The van der Waals surface area contributed by atoms with Crippen LogP contribution in [0, 0.1) is 0 Å². The summed E-state index contributed by atoms with van der Waals surface area (Å²) in [6.45, 7) is 3.11. The van der Waals surface area contributed by atoms with E-state index in [-0.39, 0.29) is 11.8 Å². The standard InChI is InChI=1S/C21H24ClN3O2/c22-18-9-6-17(7-10-18)8-11-21(27)25-14-12-24(13-15-25)16-20(26)23-19-4-2-1-3-5-19/h1-7,9-10H,8,11-16H2,(H,23,26). The Morgan fingerprint density at radius 1 is 0.926 bits per heavy atom. The first-order chi connectivity index (χ1) is 13.1. The maximum atomic E-state index is 12.4. The summed E-state index contributed by atoms with van der Waals surface area (Å²) in [6, 6.07) is 17.1. The van der Waals surface area contributed by atoms with Gasteiger partial charge < -0.3 is 10.2 Å². The van der Waals surface area contributed by atoms with Gasteiger partial charge in [-0.25, -0.2) is 0 Å². The van der Waals surface area contributed by atoms with Gasteiger partial charge in [-0.2, -0.15) is 0 Å². The lowest BCUT2D eigenvalue weighted by Crippen LogP contribution is -2.50. The van der Waals surface area contributed by atoms with Crippen molar-refractivity contribution in [2.45, 2.75) is 12.8 Å². The highest BCUT2D eigenvalue weighted by molar-refractivity contribution is 6.30. The predicted molar refractivity (Wildman–Crippen MR) is 108 cm³/mol. The van der Waals surface area contributed by atoms with Crippen LogP contribution in [0.4, 0.5) is 5.69 Å². The minimum Gasteiger partial charge on any atom is -0.340 e. The van der Waals surface area contributed by atoms with Gasteiger partial charge in [0.05, 0.1) is 6.54 Å². The van der Waals surface area contributed by atoms with Crippen molar-refractivity contribution in [1.82, 2.24) is 9.80 Å². The second-order valence-electron chi connectivity index (χ2n) is 6.70. The molecule has 1 aliphatic heterocycles. The van der Waals surface area contributed by atoms with Gasteiger partial charge in [0.15, 0.2) is 0 Å². The Kier molecular flexibility index (Phi) is 6.85. The van der Waals surface area contributed by atoms with Gasteiger partial charge in [0.1, 0.15) is 0 Å². The van der Waals surface area contributed by atoms with E-state index in [1.54, 1.807) is 0 Å². The number of nitrogens with one attached hydrogen (secondary N) is 1. The highest BCUT2D eigenvalue weighted by Crippen LogP contribution is 2.12. The Balaban J connectivity index is 1.38. The summed E-state index contributed by atoms with van der Waals surface area (Å²) >= 11 is 5.88. The molecule has 2 amide bonds. The molecule has 0 unspecified atom stereocenters. The third-order valence-corrected chi connectivity index (χ3v) is 4.94. The maximum absolute atomic E-state index is 12.4. The zero-order valence-electron chi connectivity index (χ0n) is 15.2. The molecule has 0 atom stereocenters. The van der Waals surface area contributed by atoms with Crippen molar-refractivity contribution in [2.24, 2.45) is 0 Å². The normalized spacial score (nSPS) is 14.8. The number of aryl methyl sites for hydroxylation is 1. The first-order valence-corrected chi connectivity index (χ1v) is 9.57.